The zero-order chi connectivity index (χ0) is 25.9. The van der Waals surface area contributed by atoms with Crippen molar-refractivity contribution < 1.29 is 19.4 Å². The standard InChI is InChI=1S/C28H24ClN3O4S/c1-3-36-25-14-17(4-13-24(25)33)15-26-27(30-28(34)37-26)32-23(19-5-9-20(29)10-6-19)16-22(31-32)18-7-11-21(35-2)12-8-18/h4-15,23,33H,3,16H2,1-2H3/b26-15-. The lowest BCUT2D eigenvalue weighted by Crippen LogP contribution is -2.26. The number of halogens is 1. The van der Waals surface area contributed by atoms with Gasteiger partial charge in [0, 0.05) is 11.4 Å². The molecule has 0 spiro atoms. The van der Waals surface area contributed by atoms with Crippen LogP contribution in [0.5, 0.6) is 17.2 Å². The molecule has 2 aliphatic rings. The Hall–Kier alpha value is -3.75. The second-order valence-electron chi connectivity index (χ2n) is 8.36. The van der Waals surface area contributed by atoms with E-state index in [0.29, 0.717) is 34.5 Å². The first kappa shape index (κ1) is 24.9. The molecule has 0 saturated carbocycles. The molecule has 3 aromatic rings. The largest absolute Gasteiger partial charge is 0.504 e. The number of methoxy groups -OCH3 is 1. The van der Waals surface area contributed by atoms with Crippen molar-refractivity contribution in [1.82, 2.24) is 5.01 Å². The number of hydrazone groups is 1. The van der Waals surface area contributed by atoms with Crippen LogP contribution in [0.1, 0.15) is 36.1 Å². The quantitative estimate of drug-likeness (QED) is 0.370. The minimum Gasteiger partial charge on any atom is -0.504 e. The van der Waals surface area contributed by atoms with Gasteiger partial charge in [-0.15, -0.1) is 0 Å². The Morgan fingerprint density at radius 1 is 1.14 bits per heavy atom. The van der Waals surface area contributed by atoms with Crippen LogP contribution in [-0.2, 0) is 0 Å². The fourth-order valence-electron chi connectivity index (χ4n) is 4.21. The van der Waals surface area contributed by atoms with Gasteiger partial charge in [-0.25, -0.2) is 5.01 Å². The van der Waals surface area contributed by atoms with Gasteiger partial charge in [0.25, 0.3) is 0 Å². The van der Waals surface area contributed by atoms with Crippen LogP contribution in [0.3, 0.4) is 0 Å². The Morgan fingerprint density at radius 2 is 1.89 bits per heavy atom. The molecule has 2 heterocycles. The second-order valence-corrected chi connectivity index (χ2v) is 9.79. The SMILES string of the molecule is CCOc1cc(/C=C2\SC(=O)N=C2N2N=C(c3ccc(OC)cc3)CC2c2ccc(Cl)cc2)ccc1O. The third-order valence-corrected chi connectivity index (χ3v) is 7.04. The maximum atomic E-state index is 12.5. The lowest BCUT2D eigenvalue weighted by Gasteiger charge is -2.24. The Balaban J connectivity index is 1.54. The predicted molar refractivity (Wildman–Crippen MR) is 148 cm³/mol. The first-order valence-electron chi connectivity index (χ1n) is 11.7. The molecule has 0 bridgehead atoms. The molecule has 1 amide bonds. The molecular weight excluding hydrogens is 510 g/mol. The normalized spacial score (nSPS) is 18.2. The molecule has 0 fully saturated rings. The van der Waals surface area contributed by atoms with Crippen LogP contribution in [0.2, 0.25) is 5.02 Å². The van der Waals surface area contributed by atoms with Crippen molar-refractivity contribution in [3.63, 3.8) is 0 Å². The van der Waals surface area contributed by atoms with Gasteiger partial charge in [-0.2, -0.15) is 10.1 Å². The number of amidine groups is 1. The number of carbonyl (C=O) groups excluding carboxylic acids is 1. The molecule has 0 aromatic heterocycles. The van der Waals surface area contributed by atoms with Crippen LogP contribution in [-0.4, -0.2) is 40.6 Å². The van der Waals surface area contributed by atoms with Gasteiger partial charge < -0.3 is 14.6 Å². The number of rotatable bonds is 6. The summed E-state index contributed by atoms with van der Waals surface area (Å²) < 4.78 is 10.8. The van der Waals surface area contributed by atoms with Crippen LogP contribution in [0.25, 0.3) is 6.08 Å². The molecule has 1 N–H and O–H groups in total. The number of benzene rings is 3. The third kappa shape index (κ3) is 5.35. The Kier molecular flexibility index (Phi) is 7.21. The predicted octanol–water partition coefficient (Wildman–Crippen LogP) is 6.91. The summed E-state index contributed by atoms with van der Waals surface area (Å²) in [5.74, 6) is 1.68. The number of hydrogen-bond acceptors (Lipinski definition) is 7. The summed E-state index contributed by atoms with van der Waals surface area (Å²) >= 11 is 7.20. The van der Waals surface area contributed by atoms with Crippen LogP contribution >= 0.6 is 23.4 Å². The van der Waals surface area contributed by atoms with E-state index in [1.165, 1.54) is 0 Å². The van der Waals surface area contributed by atoms with E-state index in [0.717, 1.165) is 39.9 Å². The van der Waals surface area contributed by atoms with Crippen LogP contribution in [0.15, 0.2) is 81.7 Å². The summed E-state index contributed by atoms with van der Waals surface area (Å²) in [6, 6.07) is 20.3. The molecule has 2 aliphatic heterocycles. The molecular formula is C28H24ClN3O4S. The number of aromatic hydroxyl groups is 1. The number of carbonyl (C=O) groups is 1. The van der Waals surface area contributed by atoms with Gasteiger partial charge >= 0.3 is 5.24 Å². The van der Waals surface area contributed by atoms with Crippen molar-refractivity contribution in [2.45, 2.75) is 19.4 Å². The van der Waals surface area contributed by atoms with E-state index in [1.54, 1.807) is 25.3 Å². The van der Waals surface area contributed by atoms with Gasteiger partial charge in [0.15, 0.2) is 17.3 Å². The van der Waals surface area contributed by atoms with Gasteiger partial charge in [-0.05, 0) is 90.0 Å². The minimum absolute atomic E-state index is 0.0594. The number of aliphatic imine (C=N–C) groups is 1. The number of thioether (sulfide) groups is 1. The summed E-state index contributed by atoms with van der Waals surface area (Å²) in [6.45, 7) is 2.27. The third-order valence-electron chi connectivity index (χ3n) is 6.00. The number of amides is 1. The van der Waals surface area contributed by atoms with Crippen molar-refractivity contribution in [1.29, 1.82) is 0 Å². The molecule has 5 rings (SSSR count). The molecule has 9 heteroatoms. The van der Waals surface area contributed by atoms with Gasteiger partial charge in [-0.1, -0.05) is 29.8 Å². The lowest BCUT2D eigenvalue weighted by molar-refractivity contribution is 0.267. The number of nitrogens with zero attached hydrogens (tertiary/aromatic N) is 3. The smallest absolute Gasteiger partial charge is 0.311 e. The molecule has 0 saturated heterocycles. The average Bonchev–Trinajstić information content (AvgIpc) is 3.50. The second kappa shape index (κ2) is 10.7. The van der Waals surface area contributed by atoms with Gasteiger partial charge in [0.05, 0.1) is 30.4 Å². The maximum absolute atomic E-state index is 12.5. The van der Waals surface area contributed by atoms with E-state index in [2.05, 4.69) is 4.99 Å². The number of phenols is 1. The van der Waals surface area contributed by atoms with E-state index in [9.17, 15) is 9.90 Å². The highest BCUT2D eigenvalue weighted by atomic mass is 35.5. The van der Waals surface area contributed by atoms with Gasteiger partial charge in [0.1, 0.15) is 5.75 Å². The number of phenolic OH excluding ortho intramolecular Hbond substituents is 1. The molecule has 0 radical (unpaired) electrons. The Labute approximate surface area is 224 Å². The molecule has 0 aliphatic carbocycles. The van der Waals surface area contributed by atoms with E-state index >= 15 is 0 Å². The summed E-state index contributed by atoms with van der Waals surface area (Å²) in [6.07, 6.45) is 2.48. The highest BCUT2D eigenvalue weighted by Crippen LogP contribution is 2.40. The first-order valence-corrected chi connectivity index (χ1v) is 12.9. The van der Waals surface area contributed by atoms with Crippen molar-refractivity contribution in [2.24, 2.45) is 10.1 Å². The lowest BCUT2D eigenvalue weighted by atomic mass is 9.98. The highest BCUT2D eigenvalue weighted by Gasteiger charge is 2.37. The Bertz CT molecular complexity index is 1420. The van der Waals surface area contributed by atoms with Crippen molar-refractivity contribution in [3.05, 3.63) is 93.3 Å². The summed E-state index contributed by atoms with van der Waals surface area (Å²) in [5, 5.41) is 17.2. The van der Waals surface area contributed by atoms with Gasteiger partial charge in [-0.3, -0.25) is 4.79 Å². The summed E-state index contributed by atoms with van der Waals surface area (Å²) in [4.78, 5) is 17.5. The van der Waals surface area contributed by atoms with Gasteiger partial charge in [0.2, 0.25) is 0 Å². The Morgan fingerprint density at radius 3 is 2.59 bits per heavy atom. The fraction of sp³-hybridized carbons (Fsp3) is 0.179. The average molecular weight is 534 g/mol. The van der Waals surface area contributed by atoms with Crippen LogP contribution < -0.4 is 9.47 Å². The molecule has 1 atom stereocenters. The molecule has 1 unspecified atom stereocenters. The van der Waals surface area contributed by atoms with E-state index in [1.807, 2.05) is 66.5 Å². The van der Waals surface area contributed by atoms with Crippen LogP contribution in [0, 0.1) is 0 Å². The minimum atomic E-state index is -0.312. The fourth-order valence-corrected chi connectivity index (χ4v) is 5.09. The van der Waals surface area contributed by atoms with Crippen molar-refractivity contribution in [3.8, 4) is 17.2 Å². The summed E-state index contributed by atoms with van der Waals surface area (Å²) in [5.41, 5.74) is 3.61. The van der Waals surface area contributed by atoms with Crippen LogP contribution in [0.4, 0.5) is 4.79 Å². The van der Waals surface area contributed by atoms with E-state index < -0.39 is 0 Å². The van der Waals surface area contributed by atoms with E-state index in [-0.39, 0.29) is 17.0 Å². The zero-order valence-electron chi connectivity index (χ0n) is 20.2. The molecule has 188 valence electrons. The molecule has 3 aromatic carbocycles. The van der Waals surface area contributed by atoms with E-state index in [4.69, 9.17) is 26.2 Å². The first-order chi connectivity index (χ1) is 17.9. The maximum Gasteiger partial charge on any atom is 0.311 e. The molecule has 37 heavy (non-hydrogen) atoms. The monoisotopic (exact) mass is 533 g/mol. The topological polar surface area (TPSA) is 83.7 Å². The summed E-state index contributed by atoms with van der Waals surface area (Å²) in [7, 11) is 1.63. The molecule has 7 nitrogen and oxygen atoms in total. The van der Waals surface area contributed by atoms with Crippen molar-refractivity contribution >= 4 is 46.2 Å². The number of ether oxygens (including phenoxy) is 2. The van der Waals surface area contributed by atoms with Crippen molar-refractivity contribution in [2.75, 3.05) is 13.7 Å². The zero-order valence-corrected chi connectivity index (χ0v) is 21.8. The number of hydrogen-bond donors (Lipinski definition) is 1. The highest BCUT2D eigenvalue weighted by molar-refractivity contribution is 8.18.